The minimum Gasteiger partial charge on any atom is -0.496 e. The zero-order chi connectivity index (χ0) is 13.1. The maximum absolute atomic E-state index is 5.73. The number of rotatable bonds is 3. The van der Waals surface area contributed by atoms with Gasteiger partial charge < -0.3 is 9.47 Å². The van der Waals surface area contributed by atoms with E-state index in [1.807, 2.05) is 24.3 Å². The van der Waals surface area contributed by atoms with E-state index in [4.69, 9.17) is 9.47 Å². The average molecular weight is 438 g/mol. The smallest absolute Gasteiger partial charge is 0.233 e. The minimum atomic E-state index is 0.510. The molecule has 6 heteroatoms. The number of halogens is 3. The molecule has 0 aliphatic heterocycles. The molecule has 0 radical (unpaired) electrons. The Morgan fingerprint density at radius 3 is 2.33 bits per heavy atom. The van der Waals surface area contributed by atoms with Crippen LogP contribution in [0.1, 0.15) is 0 Å². The second kappa shape index (κ2) is 6.04. The number of methoxy groups -OCH3 is 1. The van der Waals surface area contributed by atoms with Crippen LogP contribution in [0.25, 0.3) is 0 Å². The molecule has 1 aromatic heterocycles. The van der Waals surface area contributed by atoms with Crippen molar-refractivity contribution in [3.8, 4) is 17.4 Å². The molecule has 0 unspecified atom stereocenters. The van der Waals surface area contributed by atoms with Gasteiger partial charge in [-0.1, -0.05) is 0 Å². The molecule has 0 N–H and O–H groups in total. The molecule has 18 heavy (non-hydrogen) atoms. The van der Waals surface area contributed by atoms with Crippen LogP contribution in [0, 0.1) is 0 Å². The molecule has 0 spiro atoms. The van der Waals surface area contributed by atoms with Gasteiger partial charge in [-0.05, 0) is 72.1 Å². The third kappa shape index (κ3) is 3.05. The van der Waals surface area contributed by atoms with Gasteiger partial charge in [0.1, 0.15) is 11.5 Å². The summed E-state index contributed by atoms with van der Waals surface area (Å²) in [7, 11) is 1.61. The molecule has 0 fully saturated rings. The highest BCUT2D eigenvalue weighted by molar-refractivity contribution is 9.11. The van der Waals surface area contributed by atoms with Crippen molar-refractivity contribution in [3.63, 3.8) is 0 Å². The van der Waals surface area contributed by atoms with E-state index in [9.17, 15) is 0 Å². The fourth-order valence-corrected chi connectivity index (χ4v) is 2.52. The van der Waals surface area contributed by atoms with Crippen LogP contribution in [-0.4, -0.2) is 12.1 Å². The lowest BCUT2D eigenvalue weighted by Crippen LogP contribution is -1.91. The largest absolute Gasteiger partial charge is 0.496 e. The Bertz CT molecular complexity index is 575. The Hall–Kier alpha value is -0.590. The zero-order valence-corrected chi connectivity index (χ0v) is 14.0. The van der Waals surface area contributed by atoms with E-state index in [1.165, 1.54) is 0 Å². The summed E-state index contributed by atoms with van der Waals surface area (Å²) in [4.78, 5) is 4.15. The second-order valence-electron chi connectivity index (χ2n) is 3.31. The normalized spacial score (nSPS) is 10.2. The Kier molecular flexibility index (Phi) is 4.64. The molecule has 2 aromatic rings. The lowest BCUT2D eigenvalue weighted by Gasteiger charge is -2.11. The highest BCUT2D eigenvalue weighted by Gasteiger charge is 2.11. The number of ether oxygens (including phenoxy) is 2. The van der Waals surface area contributed by atoms with Crippen LogP contribution in [0.4, 0.5) is 0 Å². The first kappa shape index (κ1) is 13.8. The van der Waals surface area contributed by atoms with E-state index in [1.54, 1.807) is 13.3 Å². The maximum atomic E-state index is 5.73. The van der Waals surface area contributed by atoms with Crippen LogP contribution in [0.3, 0.4) is 0 Å². The van der Waals surface area contributed by atoms with Crippen LogP contribution in [0.15, 0.2) is 43.9 Å². The van der Waals surface area contributed by atoms with Crippen molar-refractivity contribution in [1.82, 2.24) is 4.98 Å². The molecule has 3 nitrogen and oxygen atoms in total. The van der Waals surface area contributed by atoms with Crippen molar-refractivity contribution in [2.24, 2.45) is 0 Å². The van der Waals surface area contributed by atoms with Crippen molar-refractivity contribution in [2.45, 2.75) is 0 Å². The van der Waals surface area contributed by atoms with E-state index in [0.29, 0.717) is 11.6 Å². The molecular formula is C12H8Br3NO2. The third-order valence-electron chi connectivity index (χ3n) is 2.14. The lowest BCUT2D eigenvalue weighted by atomic mass is 10.3. The molecule has 0 saturated heterocycles. The second-order valence-corrected chi connectivity index (χ2v) is 5.87. The number of benzene rings is 1. The predicted molar refractivity (Wildman–Crippen MR) is 80.4 cm³/mol. The molecule has 0 atom stereocenters. The van der Waals surface area contributed by atoms with E-state index in [0.717, 1.165) is 19.2 Å². The van der Waals surface area contributed by atoms with Gasteiger partial charge in [0.05, 0.1) is 20.5 Å². The van der Waals surface area contributed by atoms with Crippen LogP contribution in [-0.2, 0) is 0 Å². The quantitative estimate of drug-likeness (QED) is 0.663. The first-order valence-corrected chi connectivity index (χ1v) is 7.31. The van der Waals surface area contributed by atoms with Gasteiger partial charge >= 0.3 is 0 Å². The number of pyridine rings is 1. The Labute approximate surface area is 130 Å². The summed E-state index contributed by atoms with van der Waals surface area (Å²) in [5, 5.41) is 0. The third-order valence-corrected chi connectivity index (χ3v) is 3.98. The predicted octanol–water partition coefficient (Wildman–Crippen LogP) is 5.17. The average Bonchev–Trinajstić information content (AvgIpc) is 2.36. The van der Waals surface area contributed by atoms with Crippen LogP contribution in [0.2, 0.25) is 0 Å². The molecule has 0 aliphatic rings. The fraction of sp³-hybridized carbons (Fsp3) is 0.0833. The summed E-state index contributed by atoms with van der Waals surface area (Å²) in [6.07, 6.45) is 1.67. The van der Waals surface area contributed by atoms with Gasteiger partial charge in [-0.3, -0.25) is 0 Å². The van der Waals surface area contributed by atoms with Crippen LogP contribution < -0.4 is 9.47 Å². The van der Waals surface area contributed by atoms with Crippen molar-refractivity contribution in [1.29, 1.82) is 0 Å². The topological polar surface area (TPSA) is 31.4 Å². The SMILES string of the molecule is COc1cc(Br)c(Oc2ncccc2Br)cc1Br. The van der Waals surface area contributed by atoms with Gasteiger partial charge in [-0.25, -0.2) is 4.98 Å². The molecule has 0 amide bonds. The summed E-state index contributed by atoms with van der Waals surface area (Å²) in [5.41, 5.74) is 0. The van der Waals surface area contributed by atoms with E-state index < -0.39 is 0 Å². The molecule has 0 bridgehead atoms. The molecule has 2 rings (SSSR count). The van der Waals surface area contributed by atoms with Gasteiger partial charge in [-0.2, -0.15) is 0 Å². The minimum absolute atomic E-state index is 0.510. The van der Waals surface area contributed by atoms with Gasteiger partial charge in [0.2, 0.25) is 5.88 Å². The van der Waals surface area contributed by atoms with Crippen molar-refractivity contribution < 1.29 is 9.47 Å². The van der Waals surface area contributed by atoms with Crippen molar-refractivity contribution in [2.75, 3.05) is 7.11 Å². The fourth-order valence-electron chi connectivity index (χ4n) is 1.30. The van der Waals surface area contributed by atoms with E-state index >= 15 is 0 Å². The summed E-state index contributed by atoms with van der Waals surface area (Å²) >= 11 is 10.2. The van der Waals surface area contributed by atoms with Crippen LogP contribution in [0.5, 0.6) is 17.4 Å². The van der Waals surface area contributed by atoms with Gasteiger partial charge in [0.15, 0.2) is 0 Å². The first-order valence-electron chi connectivity index (χ1n) is 4.93. The summed E-state index contributed by atoms with van der Waals surface area (Å²) < 4.78 is 13.3. The number of hydrogen-bond acceptors (Lipinski definition) is 3. The molecule has 0 aliphatic carbocycles. The Balaban J connectivity index is 2.35. The van der Waals surface area contributed by atoms with Crippen LogP contribution >= 0.6 is 47.8 Å². The summed E-state index contributed by atoms with van der Waals surface area (Å²) in [5.74, 6) is 1.90. The zero-order valence-electron chi connectivity index (χ0n) is 9.28. The highest BCUT2D eigenvalue weighted by atomic mass is 79.9. The lowest BCUT2D eigenvalue weighted by molar-refractivity contribution is 0.408. The number of aromatic nitrogens is 1. The molecule has 1 heterocycles. The molecule has 1 aromatic carbocycles. The van der Waals surface area contributed by atoms with E-state index in [-0.39, 0.29) is 0 Å². The Morgan fingerprint density at radius 1 is 1.00 bits per heavy atom. The standard InChI is InChI=1S/C12H8Br3NO2/c1-17-10-5-9(15)11(6-8(10)14)18-12-7(13)3-2-4-16-12/h2-6H,1H3. The maximum Gasteiger partial charge on any atom is 0.233 e. The molecular weight excluding hydrogens is 430 g/mol. The number of nitrogens with zero attached hydrogens (tertiary/aromatic N) is 1. The summed E-state index contributed by atoms with van der Waals surface area (Å²) in [6, 6.07) is 7.35. The molecule has 94 valence electrons. The summed E-state index contributed by atoms with van der Waals surface area (Å²) in [6.45, 7) is 0. The van der Waals surface area contributed by atoms with Gasteiger partial charge in [-0.15, -0.1) is 0 Å². The van der Waals surface area contributed by atoms with Crippen molar-refractivity contribution in [3.05, 3.63) is 43.9 Å². The molecule has 0 saturated carbocycles. The first-order chi connectivity index (χ1) is 8.61. The van der Waals surface area contributed by atoms with E-state index in [2.05, 4.69) is 52.8 Å². The van der Waals surface area contributed by atoms with Gasteiger partial charge in [0, 0.05) is 6.20 Å². The highest BCUT2D eigenvalue weighted by Crippen LogP contribution is 2.38. The monoisotopic (exact) mass is 435 g/mol. The Morgan fingerprint density at radius 2 is 1.67 bits per heavy atom. The number of hydrogen-bond donors (Lipinski definition) is 0. The van der Waals surface area contributed by atoms with Gasteiger partial charge in [0.25, 0.3) is 0 Å². The van der Waals surface area contributed by atoms with Crippen molar-refractivity contribution >= 4 is 47.8 Å².